The molecule has 0 bridgehead atoms. The second-order valence-electron chi connectivity index (χ2n) is 0.976. The Morgan fingerprint density at radius 1 is 2.00 bits per heavy atom. The molecule has 5 heavy (non-hydrogen) atoms. The van der Waals surface area contributed by atoms with Gasteiger partial charge in [-0.1, -0.05) is 0 Å². The minimum atomic E-state index is -0.616. The molecule has 0 aliphatic carbocycles. The first kappa shape index (κ1) is 4.98. The van der Waals surface area contributed by atoms with Crippen molar-refractivity contribution < 1.29 is 5.11 Å². The number of hydrogen-bond acceptors (Lipinski definition) is 2. The summed E-state index contributed by atoms with van der Waals surface area (Å²) in [6.45, 7) is 0. The third kappa shape index (κ3) is 3.98. The third-order valence-electron chi connectivity index (χ3n) is 0.418. The van der Waals surface area contributed by atoms with Crippen LogP contribution in [0, 0.1) is 0 Å². The lowest BCUT2D eigenvalue weighted by Gasteiger charge is -1.91. The third-order valence-corrected chi connectivity index (χ3v) is 0.418. The summed E-state index contributed by atoms with van der Waals surface area (Å²) in [4.78, 5) is 0. The molecule has 0 aromatic heterocycles. The van der Waals surface area contributed by atoms with Gasteiger partial charge < -0.3 is 10.8 Å². The van der Waals surface area contributed by atoms with Crippen LogP contribution in [0.4, 0.5) is 0 Å². The quantitative estimate of drug-likeness (QED) is 0.287. The van der Waals surface area contributed by atoms with Crippen molar-refractivity contribution in [1.29, 1.82) is 0 Å². The van der Waals surface area contributed by atoms with Crippen LogP contribution >= 0.6 is 0 Å². The second-order valence-corrected chi connectivity index (χ2v) is 0.976. The molecule has 0 radical (unpaired) electrons. The minimum Gasteiger partial charge on any atom is -0.380 e. The molecule has 0 aromatic carbocycles. The van der Waals surface area contributed by atoms with E-state index in [9.17, 15) is 0 Å². The maximum atomic E-state index is 8.14. The monoisotopic (exact) mass is 73.1 g/mol. The van der Waals surface area contributed by atoms with Crippen molar-refractivity contribution in [2.75, 3.05) is 0 Å². The predicted molar refractivity (Wildman–Crippen MR) is 23.5 cm³/mol. The molecule has 0 heterocycles. The smallest absolute Gasteiger partial charge is 0.106 e. The highest BCUT2D eigenvalue weighted by Crippen LogP contribution is 1.69. The number of rotatable bonds is 1. The molecule has 0 aromatic rings. The highest BCUT2D eigenvalue weighted by atomic mass is 16.3. The summed E-state index contributed by atoms with van der Waals surface area (Å²) in [7, 11) is 1.82. The van der Waals surface area contributed by atoms with E-state index in [1.165, 1.54) is 0 Å². The summed E-state index contributed by atoms with van der Waals surface area (Å²) < 4.78 is 0. The SMILES string of the molecule is BCC(N)O. The topological polar surface area (TPSA) is 46.2 Å². The van der Waals surface area contributed by atoms with Crippen LogP contribution < -0.4 is 5.73 Å². The number of aliphatic hydroxyl groups is 1. The highest BCUT2D eigenvalue weighted by Gasteiger charge is 1.81. The predicted octanol–water partition coefficient (Wildman–Crippen LogP) is -1.69. The summed E-state index contributed by atoms with van der Waals surface area (Å²) in [5.74, 6) is 0. The Morgan fingerprint density at radius 3 is 2.20 bits per heavy atom. The summed E-state index contributed by atoms with van der Waals surface area (Å²) >= 11 is 0. The zero-order valence-electron chi connectivity index (χ0n) is 3.31. The van der Waals surface area contributed by atoms with Crippen LogP contribution in [0.3, 0.4) is 0 Å². The fraction of sp³-hybridized carbons (Fsp3) is 1.00. The Bertz CT molecular complexity index is 23.6. The molecule has 30 valence electrons. The molecule has 3 heteroatoms. The lowest BCUT2D eigenvalue weighted by atomic mass is 10.1. The van der Waals surface area contributed by atoms with Gasteiger partial charge in [0.25, 0.3) is 0 Å². The van der Waals surface area contributed by atoms with Gasteiger partial charge in [0.1, 0.15) is 7.85 Å². The van der Waals surface area contributed by atoms with E-state index in [1.54, 1.807) is 0 Å². The standard InChI is InChI=1S/C2H8BNO/c3-1-2(4)5/h2,5H,1,3-4H2. The minimum absolute atomic E-state index is 0.616. The van der Waals surface area contributed by atoms with Crippen LogP contribution in [0.2, 0.25) is 6.32 Å². The Balaban J connectivity index is 2.54. The van der Waals surface area contributed by atoms with Crippen LogP contribution in [0.5, 0.6) is 0 Å². The van der Waals surface area contributed by atoms with Gasteiger partial charge in [0, 0.05) is 0 Å². The van der Waals surface area contributed by atoms with Crippen LogP contribution in [0.25, 0.3) is 0 Å². The van der Waals surface area contributed by atoms with Gasteiger partial charge in [0.05, 0.1) is 6.23 Å². The molecule has 0 saturated carbocycles. The average Bonchev–Trinajstić information content (AvgIpc) is 1.38. The molecule has 0 saturated heterocycles. The van der Waals surface area contributed by atoms with Crippen molar-refractivity contribution in [3.8, 4) is 0 Å². The van der Waals surface area contributed by atoms with E-state index in [4.69, 9.17) is 10.8 Å². The fourth-order valence-corrected chi connectivity index (χ4v) is 0. The Morgan fingerprint density at radius 2 is 2.20 bits per heavy atom. The van der Waals surface area contributed by atoms with Crippen molar-refractivity contribution >= 4 is 7.85 Å². The average molecular weight is 72.9 g/mol. The van der Waals surface area contributed by atoms with E-state index >= 15 is 0 Å². The summed E-state index contributed by atoms with van der Waals surface area (Å²) in [6.07, 6.45) is 0.0231. The molecule has 0 fully saturated rings. The maximum absolute atomic E-state index is 8.14. The Kier molecular flexibility index (Phi) is 2.23. The van der Waals surface area contributed by atoms with Crippen LogP contribution in [-0.4, -0.2) is 19.2 Å². The molecule has 3 N–H and O–H groups in total. The van der Waals surface area contributed by atoms with E-state index in [0.29, 0.717) is 6.32 Å². The van der Waals surface area contributed by atoms with Gasteiger partial charge in [-0.25, -0.2) is 0 Å². The first-order chi connectivity index (χ1) is 2.27. The molecule has 0 aliphatic rings. The van der Waals surface area contributed by atoms with E-state index in [-0.39, 0.29) is 0 Å². The summed E-state index contributed by atoms with van der Waals surface area (Å²) in [5, 5.41) is 8.14. The largest absolute Gasteiger partial charge is 0.380 e. The lowest BCUT2D eigenvalue weighted by molar-refractivity contribution is 0.203. The highest BCUT2D eigenvalue weighted by molar-refractivity contribution is 6.08. The Hall–Kier alpha value is -0.0151. The molecule has 0 amide bonds. The van der Waals surface area contributed by atoms with E-state index < -0.39 is 6.23 Å². The molecule has 0 spiro atoms. The molecular formula is C2H8BNO. The second kappa shape index (κ2) is 2.24. The zero-order chi connectivity index (χ0) is 4.28. The number of hydrogen-bond donors (Lipinski definition) is 2. The van der Waals surface area contributed by atoms with Crippen molar-refractivity contribution in [2.45, 2.75) is 12.5 Å². The fourth-order valence-electron chi connectivity index (χ4n) is 0. The molecule has 2 nitrogen and oxygen atoms in total. The molecule has 1 atom stereocenters. The van der Waals surface area contributed by atoms with E-state index in [1.807, 2.05) is 7.85 Å². The van der Waals surface area contributed by atoms with Gasteiger partial charge in [-0.15, -0.1) is 0 Å². The van der Waals surface area contributed by atoms with Gasteiger partial charge in [0.15, 0.2) is 0 Å². The Labute approximate surface area is 32.4 Å². The van der Waals surface area contributed by atoms with Crippen LogP contribution in [0.1, 0.15) is 0 Å². The lowest BCUT2D eigenvalue weighted by Crippen LogP contribution is -2.16. The number of aliphatic hydroxyl groups excluding tert-OH is 1. The first-order valence-electron chi connectivity index (χ1n) is 1.71. The maximum Gasteiger partial charge on any atom is 0.106 e. The van der Waals surface area contributed by atoms with Crippen molar-refractivity contribution in [3.63, 3.8) is 0 Å². The van der Waals surface area contributed by atoms with Gasteiger partial charge in [-0.3, -0.25) is 0 Å². The van der Waals surface area contributed by atoms with Crippen molar-refractivity contribution in [2.24, 2.45) is 5.73 Å². The summed E-state index contributed by atoms with van der Waals surface area (Å²) in [6, 6.07) is 0. The molecule has 0 aliphatic heterocycles. The molecule has 1 unspecified atom stereocenters. The normalized spacial score (nSPS) is 14.8. The summed E-state index contributed by atoms with van der Waals surface area (Å²) in [5.41, 5.74) is 4.85. The first-order valence-corrected chi connectivity index (χ1v) is 1.71. The van der Waals surface area contributed by atoms with E-state index in [2.05, 4.69) is 0 Å². The van der Waals surface area contributed by atoms with Gasteiger partial charge in [-0.2, -0.15) is 0 Å². The van der Waals surface area contributed by atoms with Crippen molar-refractivity contribution in [1.82, 2.24) is 0 Å². The zero-order valence-corrected chi connectivity index (χ0v) is 3.31. The van der Waals surface area contributed by atoms with Gasteiger partial charge in [-0.05, 0) is 6.32 Å². The van der Waals surface area contributed by atoms with Gasteiger partial charge in [0.2, 0.25) is 0 Å². The van der Waals surface area contributed by atoms with Crippen molar-refractivity contribution in [3.05, 3.63) is 0 Å². The van der Waals surface area contributed by atoms with Gasteiger partial charge >= 0.3 is 0 Å². The molecular weight excluding hydrogens is 64.8 g/mol. The van der Waals surface area contributed by atoms with Crippen LogP contribution in [-0.2, 0) is 0 Å². The van der Waals surface area contributed by atoms with E-state index in [0.717, 1.165) is 0 Å². The number of nitrogens with two attached hydrogens (primary N) is 1. The van der Waals surface area contributed by atoms with Crippen LogP contribution in [0.15, 0.2) is 0 Å². The molecule has 0 rings (SSSR count).